The lowest BCUT2D eigenvalue weighted by molar-refractivity contribution is 0.414. The molecule has 0 unspecified atom stereocenters. The summed E-state index contributed by atoms with van der Waals surface area (Å²) in [6, 6.07) is 20.6. The molecular formula is C21H21NO. The molecule has 0 amide bonds. The van der Waals surface area contributed by atoms with Crippen molar-refractivity contribution in [2.24, 2.45) is 0 Å². The molecule has 3 aromatic carbocycles. The fourth-order valence-corrected chi connectivity index (χ4v) is 3.01. The maximum absolute atomic E-state index is 6.35. The predicted octanol–water partition coefficient (Wildman–Crippen LogP) is 5.23. The molecule has 2 heteroatoms. The van der Waals surface area contributed by atoms with Crippen LogP contribution in [0.2, 0.25) is 0 Å². The minimum atomic E-state index is 0.791. The lowest BCUT2D eigenvalue weighted by Gasteiger charge is -2.17. The normalized spacial score (nSPS) is 10.6. The summed E-state index contributed by atoms with van der Waals surface area (Å²) in [6.45, 7) is 4.22. The molecule has 0 saturated heterocycles. The van der Waals surface area contributed by atoms with E-state index in [2.05, 4.69) is 50.2 Å². The van der Waals surface area contributed by atoms with Crippen molar-refractivity contribution in [1.82, 2.24) is 0 Å². The number of methoxy groups -OCH3 is 1. The Morgan fingerprint density at radius 2 is 1.48 bits per heavy atom. The van der Waals surface area contributed by atoms with Crippen LogP contribution < -0.4 is 10.5 Å². The summed E-state index contributed by atoms with van der Waals surface area (Å²) in [5.41, 5.74) is 14.1. The van der Waals surface area contributed by atoms with Crippen LogP contribution in [0, 0.1) is 13.8 Å². The molecule has 0 heterocycles. The molecule has 0 radical (unpaired) electrons. The zero-order valence-electron chi connectivity index (χ0n) is 13.8. The summed E-state index contributed by atoms with van der Waals surface area (Å²) in [7, 11) is 1.68. The van der Waals surface area contributed by atoms with E-state index in [0.29, 0.717) is 0 Å². The van der Waals surface area contributed by atoms with Gasteiger partial charge in [0.05, 0.1) is 7.11 Å². The molecule has 116 valence electrons. The van der Waals surface area contributed by atoms with Crippen molar-refractivity contribution in [3.05, 3.63) is 71.8 Å². The van der Waals surface area contributed by atoms with Gasteiger partial charge in [0.15, 0.2) is 0 Å². The van der Waals surface area contributed by atoms with Crippen molar-refractivity contribution >= 4 is 5.69 Å². The van der Waals surface area contributed by atoms with Crippen LogP contribution in [0.3, 0.4) is 0 Å². The molecule has 0 spiro atoms. The molecule has 0 aliphatic heterocycles. The van der Waals surface area contributed by atoms with Crippen LogP contribution in [-0.4, -0.2) is 7.11 Å². The van der Waals surface area contributed by atoms with Crippen LogP contribution in [0.4, 0.5) is 5.69 Å². The van der Waals surface area contributed by atoms with E-state index in [4.69, 9.17) is 10.5 Å². The first-order valence-corrected chi connectivity index (χ1v) is 7.71. The van der Waals surface area contributed by atoms with Crippen molar-refractivity contribution in [2.75, 3.05) is 12.8 Å². The highest BCUT2D eigenvalue weighted by Crippen LogP contribution is 2.39. The summed E-state index contributed by atoms with van der Waals surface area (Å²) in [5, 5.41) is 0. The van der Waals surface area contributed by atoms with Crippen molar-refractivity contribution in [2.45, 2.75) is 13.8 Å². The van der Waals surface area contributed by atoms with Gasteiger partial charge in [-0.15, -0.1) is 0 Å². The van der Waals surface area contributed by atoms with E-state index in [1.54, 1.807) is 7.11 Å². The number of nitrogens with two attached hydrogens (primary N) is 1. The number of hydrogen-bond donors (Lipinski definition) is 1. The second kappa shape index (κ2) is 6.17. The van der Waals surface area contributed by atoms with Gasteiger partial charge in [-0.2, -0.15) is 0 Å². The lowest BCUT2D eigenvalue weighted by Crippen LogP contribution is -1.96. The molecule has 0 aromatic heterocycles. The zero-order valence-corrected chi connectivity index (χ0v) is 13.8. The number of ether oxygens (including phenoxy) is 1. The molecule has 0 aliphatic rings. The Bertz CT molecular complexity index is 852. The number of rotatable bonds is 3. The van der Waals surface area contributed by atoms with Crippen LogP contribution >= 0.6 is 0 Å². The fourth-order valence-electron chi connectivity index (χ4n) is 3.01. The molecule has 3 aromatic rings. The third kappa shape index (κ3) is 2.80. The Balaban J connectivity index is 2.27. The highest BCUT2D eigenvalue weighted by molar-refractivity contribution is 5.93. The van der Waals surface area contributed by atoms with E-state index in [9.17, 15) is 0 Å². The van der Waals surface area contributed by atoms with Crippen LogP contribution in [0.5, 0.6) is 5.75 Å². The summed E-state index contributed by atoms with van der Waals surface area (Å²) < 4.78 is 5.32. The lowest BCUT2D eigenvalue weighted by atomic mass is 9.89. The van der Waals surface area contributed by atoms with Crippen LogP contribution in [0.1, 0.15) is 11.1 Å². The average Bonchev–Trinajstić information content (AvgIpc) is 2.55. The van der Waals surface area contributed by atoms with Crippen molar-refractivity contribution < 1.29 is 4.74 Å². The van der Waals surface area contributed by atoms with Crippen molar-refractivity contribution in [3.8, 4) is 28.0 Å². The summed E-state index contributed by atoms with van der Waals surface area (Å²) in [4.78, 5) is 0. The highest BCUT2D eigenvalue weighted by Gasteiger charge is 2.14. The Hall–Kier alpha value is -2.74. The summed E-state index contributed by atoms with van der Waals surface area (Å²) >= 11 is 0. The van der Waals surface area contributed by atoms with Crippen LogP contribution in [-0.2, 0) is 0 Å². The molecule has 3 rings (SSSR count). The quantitative estimate of drug-likeness (QED) is 0.672. The standard InChI is InChI=1S/C21H21NO/c1-14-7-4-5-8-17(14)19-9-6-10-20(22)21(19)18-12-11-16(23-3)13-15(18)2/h4-13H,22H2,1-3H3. The minimum absolute atomic E-state index is 0.791. The van der Waals surface area contributed by atoms with Gasteiger partial charge in [-0.25, -0.2) is 0 Å². The SMILES string of the molecule is COc1ccc(-c2c(N)cccc2-c2ccccc2C)c(C)c1. The molecule has 0 saturated carbocycles. The predicted molar refractivity (Wildman–Crippen MR) is 97.8 cm³/mol. The van der Waals surface area contributed by atoms with E-state index in [1.165, 1.54) is 11.1 Å². The van der Waals surface area contributed by atoms with Gasteiger partial charge in [0.25, 0.3) is 0 Å². The minimum Gasteiger partial charge on any atom is -0.497 e. The number of anilines is 1. The number of benzene rings is 3. The van der Waals surface area contributed by atoms with Gasteiger partial charge in [0.2, 0.25) is 0 Å². The van der Waals surface area contributed by atoms with E-state index >= 15 is 0 Å². The third-order valence-electron chi connectivity index (χ3n) is 4.23. The van der Waals surface area contributed by atoms with Gasteiger partial charge < -0.3 is 10.5 Å². The van der Waals surface area contributed by atoms with Crippen molar-refractivity contribution in [1.29, 1.82) is 0 Å². The number of nitrogen functional groups attached to an aromatic ring is 1. The second-order valence-corrected chi connectivity index (χ2v) is 5.77. The molecule has 0 atom stereocenters. The molecule has 0 aliphatic carbocycles. The average molecular weight is 303 g/mol. The number of hydrogen-bond acceptors (Lipinski definition) is 2. The van der Waals surface area contributed by atoms with Gasteiger partial charge in [-0.1, -0.05) is 42.5 Å². The van der Waals surface area contributed by atoms with E-state index in [0.717, 1.165) is 33.7 Å². The van der Waals surface area contributed by atoms with Crippen LogP contribution in [0.25, 0.3) is 22.3 Å². The number of aryl methyl sites for hydroxylation is 2. The first kappa shape index (κ1) is 15.2. The maximum Gasteiger partial charge on any atom is 0.119 e. The molecule has 2 nitrogen and oxygen atoms in total. The first-order chi connectivity index (χ1) is 11.1. The smallest absolute Gasteiger partial charge is 0.119 e. The van der Waals surface area contributed by atoms with Crippen LogP contribution in [0.15, 0.2) is 60.7 Å². The van der Waals surface area contributed by atoms with Gasteiger partial charge in [-0.3, -0.25) is 0 Å². The van der Waals surface area contributed by atoms with Gasteiger partial charge in [-0.05, 0) is 59.9 Å². The van der Waals surface area contributed by atoms with E-state index in [-0.39, 0.29) is 0 Å². The molecule has 23 heavy (non-hydrogen) atoms. The summed E-state index contributed by atoms with van der Waals surface area (Å²) in [6.07, 6.45) is 0. The Morgan fingerprint density at radius 3 is 2.17 bits per heavy atom. The largest absolute Gasteiger partial charge is 0.497 e. The van der Waals surface area contributed by atoms with E-state index < -0.39 is 0 Å². The monoisotopic (exact) mass is 303 g/mol. The Morgan fingerprint density at radius 1 is 0.739 bits per heavy atom. The molecular weight excluding hydrogens is 282 g/mol. The van der Waals surface area contributed by atoms with Crippen molar-refractivity contribution in [3.63, 3.8) is 0 Å². The topological polar surface area (TPSA) is 35.2 Å². The molecule has 0 bridgehead atoms. The van der Waals surface area contributed by atoms with Gasteiger partial charge in [0.1, 0.15) is 5.75 Å². The Kier molecular flexibility index (Phi) is 4.07. The fraction of sp³-hybridized carbons (Fsp3) is 0.143. The van der Waals surface area contributed by atoms with Gasteiger partial charge in [0, 0.05) is 11.3 Å². The second-order valence-electron chi connectivity index (χ2n) is 5.77. The maximum atomic E-state index is 6.35. The molecule has 2 N–H and O–H groups in total. The highest BCUT2D eigenvalue weighted by atomic mass is 16.5. The summed E-state index contributed by atoms with van der Waals surface area (Å²) in [5.74, 6) is 0.859. The Labute approximate surface area is 137 Å². The third-order valence-corrected chi connectivity index (χ3v) is 4.23. The zero-order chi connectivity index (χ0) is 16.4. The first-order valence-electron chi connectivity index (χ1n) is 7.71. The molecule has 0 fully saturated rings. The van der Waals surface area contributed by atoms with E-state index in [1.807, 2.05) is 24.3 Å². The van der Waals surface area contributed by atoms with Gasteiger partial charge >= 0.3 is 0 Å².